The van der Waals surface area contributed by atoms with Crippen LogP contribution in [0.25, 0.3) is 0 Å². The van der Waals surface area contributed by atoms with E-state index >= 15 is 0 Å². The Kier molecular flexibility index (Phi) is 11.7. The average molecular weight is 639 g/mol. The zero-order chi connectivity index (χ0) is 17.2. The molecular formula is C16H20O2Se5. The summed E-state index contributed by atoms with van der Waals surface area (Å²) in [5.74, 6) is 0.440. The quantitative estimate of drug-likeness (QED) is 0.191. The Morgan fingerprint density at radius 1 is 0.913 bits per heavy atom. The fourth-order valence-corrected chi connectivity index (χ4v) is 24.6. The van der Waals surface area contributed by atoms with E-state index in [0.717, 1.165) is 10.6 Å². The van der Waals surface area contributed by atoms with E-state index < -0.39 is 0 Å². The van der Waals surface area contributed by atoms with Gasteiger partial charge < -0.3 is 0 Å². The standard InChI is InChI=1S/C16H20O2Se5/c1-11(2)13(17)5-7-20-22-15-9-19-10-16(15)23-21-8-6-14(18)12(3)4/h9-10H,1,3,5-8H2,2,4H3. The molecule has 0 radical (unpaired) electrons. The van der Waals surface area contributed by atoms with Crippen LogP contribution >= 0.6 is 0 Å². The van der Waals surface area contributed by atoms with Crippen molar-refractivity contribution in [3.05, 3.63) is 34.2 Å². The zero-order valence-corrected chi connectivity index (χ0v) is 21.8. The first-order valence-corrected chi connectivity index (χ1v) is 21.7. The van der Waals surface area contributed by atoms with E-state index in [9.17, 15) is 9.59 Å². The maximum absolute atomic E-state index is 11.5. The van der Waals surface area contributed by atoms with Crippen LogP contribution in [0.5, 0.6) is 0 Å². The number of allylic oxidation sites excluding steroid dienone is 2. The van der Waals surface area contributed by atoms with Crippen molar-refractivity contribution < 1.29 is 9.59 Å². The van der Waals surface area contributed by atoms with Gasteiger partial charge in [-0.3, -0.25) is 0 Å². The maximum atomic E-state index is 11.5. The first-order valence-electron chi connectivity index (χ1n) is 6.94. The van der Waals surface area contributed by atoms with Crippen LogP contribution < -0.4 is 8.92 Å². The van der Waals surface area contributed by atoms with Crippen molar-refractivity contribution in [1.82, 2.24) is 0 Å². The minimum atomic E-state index is 0.220. The van der Waals surface area contributed by atoms with Gasteiger partial charge >= 0.3 is 169 Å². The van der Waals surface area contributed by atoms with Crippen molar-refractivity contribution >= 4 is 87.5 Å². The molecule has 0 spiro atoms. The summed E-state index contributed by atoms with van der Waals surface area (Å²) in [7, 11) is 0. The molecule has 23 heavy (non-hydrogen) atoms. The molecule has 0 aliphatic carbocycles. The fourth-order valence-electron chi connectivity index (χ4n) is 1.30. The number of Topliss-reactive ketones (excluding diaryl/α,β-unsaturated/α-hetero) is 2. The van der Waals surface area contributed by atoms with Crippen molar-refractivity contribution in [2.24, 2.45) is 0 Å². The van der Waals surface area contributed by atoms with Crippen LogP contribution in [0.2, 0.25) is 10.6 Å². The molecule has 0 saturated carbocycles. The molecule has 2 nitrogen and oxygen atoms in total. The summed E-state index contributed by atoms with van der Waals surface area (Å²) < 4.78 is 3.21. The van der Waals surface area contributed by atoms with Gasteiger partial charge in [-0.25, -0.2) is 0 Å². The molecule has 1 aromatic rings. The molecule has 1 aromatic heterocycles. The van der Waals surface area contributed by atoms with Gasteiger partial charge in [0.25, 0.3) is 0 Å². The number of ketones is 2. The molecule has 0 unspecified atom stereocenters. The first-order chi connectivity index (χ1) is 10.9. The molecule has 0 saturated heterocycles. The molecule has 0 aliphatic heterocycles. The second kappa shape index (κ2) is 12.3. The van der Waals surface area contributed by atoms with Crippen LogP contribution in [0.3, 0.4) is 0 Å². The van der Waals surface area contributed by atoms with E-state index in [-0.39, 0.29) is 11.6 Å². The van der Waals surface area contributed by atoms with Gasteiger partial charge in [-0.15, -0.1) is 0 Å². The van der Waals surface area contributed by atoms with E-state index in [1.165, 1.54) is 0 Å². The van der Waals surface area contributed by atoms with Crippen molar-refractivity contribution in [2.45, 2.75) is 37.3 Å². The van der Waals surface area contributed by atoms with Crippen molar-refractivity contribution in [1.29, 1.82) is 0 Å². The predicted octanol–water partition coefficient (Wildman–Crippen LogP) is 0.548. The van der Waals surface area contributed by atoms with Crippen LogP contribution in [0, 0.1) is 0 Å². The normalized spacial score (nSPS) is 10.5. The second-order valence-electron chi connectivity index (χ2n) is 4.82. The summed E-state index contributed by atoms with van der Waals surface area (Å²) in [6, 6.07) is 0. The topological polar surface area (TPSA) is 34.1 Å². The van der Waals surface area contributed by atoms with Gasteiger partial charge in [-0.1, -0.05) is 0 Å². The summed E-state index contributed by atoms with van der Waals surface area (Å²) in [5.41, 5.74) is 1.38. The van der Waals surface area contributed by atoms with E-state index in [1.54, 1.807) is 22.8 Å². The Bertz CT molecular complexity index is 528. The number of carbonyl (C=O) groups is 2. The summed E-state index contributed by atoms with van der Waals surface area (Å²) in [6.45, 7) is 11.0. The first kappa shape index (κ1) is 21.9. The van der Waals surface area contributed by atoms with Crippen molar-refractivity contribution in [3.8, 4) is 0 Å². The number of hydrogen-bond acceptors (Lipinski definition) is 2. The SMILES string of the molecule is C=C(C)C(=O)CC[Se][Se]c1c[se]cc1[Se][Se]CCC(=O)C(=C)C. The van der Waals surface area contributed by atoms with Gasteiger partial charge in [-0.2, -0.15) is 0 Å². The Hall–Kier alpha value is 0.897. The number of rotatable bonds is 12. The molecule has 1 rings (SSSR count). The number of carbonyl (C=O) groups excluding carboxylic acids is 2. The molecule has 0 N–H and O–H groups in total. The van der Waals surface area contributed by atoms with Crippen LogP contribution in [0.15, 0.2) is 34.2 Å². The average Bonchev–Trinajstić information content (AvgIpc) is 2.94. The summed E-state index contributed by atoms with van der Waals surface area (Å²) in [6.07, 6.45) is 1.35. The van der Waals surface area contributed by atoms with Gasteiger partial charge in [0.2, 0.25) is 0 Å². The third-order valence-corrected chi connectivity index (χ3v) is 20.7. The summed E-state index contributed by atoms with van der Waals surface area (Å²) in [4.78, 5) is 28.0. The molecular weight excluding hydrogens is 619 g/mol. The third kappa shape index (κ3) is 9.24. The molecule has 0 fully saturated rings. The Morgan fingerprint density at radius 2 is 1.30 bits per heavy atom. The Morgan fingerprint density at radius 3 is 1.65 bits per heavy atom. The van der Waals surface area contributed by atoms with E-state index in [1.807, 2.05) is 0 Å². The molecule has 7 heteroatoms. The van der Waals surface area contributed by atoms with Gasteiger partial charge in [0.15, 0.2) is 0 Å². The monoisotopic (exact) mass is 644 g/mol. The van der Waals surface area contributed by atoms with E-state index in [2.05, 4.69) is 23.0 Å². The molecule has 0 atom stereocenters. The van der Waals surface area contributed by atoms with Crippen LogP contribution in [0.1, 0.15) is 26.7 Å². The van der Waals surface area contributed by atoms with Crippen LogP contribution in [-0.4, -0.2) is 78.6 Å². The predicted molar refractivity (Wildman–Crippen MR) is 104 cm³/mol. The van der Waals surface area contributed by atoms with Crippen molar-refractivity contribution in [3.63, 3.8) is 0 Å². The summed E-state index contributed by atoms with van der Waals surface area (Å²) in [5, 5.41) is 2.09. The van der Waals surface area contributed by atoms with Crippen LogP contribution in [0.4, 0.5) is 0 Å². The molecule has 0 aromatic carbocycles. The second-order valence-corrected chi connectivity index (χ2v) is 20.4. The molecule has 0 aliphatic rings. The zero-order valence-electron chi connectivity index (χ0n) is 13.3. The van der Waals surface area contributed by atoms with E-state index in [0.29, 0.717) is 91.0 Å². The Labute approximate surface area is 167 Å². The Balaban J connectivity index is 2.28. The number of hydrogen-bond donors (Lipinski definition) is 0. The fraction of sp³-hybridized carbons (Fsp3) is 0.375. The van der Waals surface area contributed by atoms with Gasteiger partial charge in [0.05, 0.1) is 0 Å². The molecule has 0 amide bonds. The molecule has 1 heterocycles. The van der Waals surface area contributed by atoms with Crippen LogP contribution in [-0.2, 0) is 9.59 Å². The van der Waals surface area contributed by atoms with Gasteiger partial charge in [0, 0.05) is 0 Å². The molecule has 0 bridgehead atoms. The van der Waals surface area contributed by atoms with E-state index in [4.69, 9.17) is 0 Å². The van der Waals surface area contributed by atoms with Gasteiger partial charge in [-0.05, 0) is 0 Å². The third-order valence-electron chi connectivity index (χ3n) is 2.67. The van der Waals surface area contributed by atoms with Gasteiger partial charge in [0.1, 0.15) is 0 Å². The summed E-state index contributed by atoms with van der Waals surface area (Å²) >= 11 is 2.82. The molecule has 126 valence electrons. The minimum absolute atomic E-state index is 0.220. The van der Waals surface area contributed by atoms with Crippen molar-refractivity contribution in [2.75, 3.05) is 0 Å².